The molecule has 0 amide bonds. The summed E-state index contributed by atoms with van der Waals surface area (Å²) < 4.78 is 0. The molecule has 1 unspecified atom stereocenters. The molecule has 0 aromatic heterocycles. The fourth-order valence-corrected chi connectivity index (χ4v) is 2.29. The molecule has 1 aliphatic rings. The highest BCUT2D eigenvalue weighted by atomic mass is 15.4. The van der Waals surface area contributed by atoms with E-state index in [4.69, 9.17) is 5.84 Å². The van der Waals surface area contributed by atoms with Crippen LogP contribution >= 0.6 is 0 Å². The van der Waals surface area contributed by atoms with Crippen molar-refractivity contribution in [3.8, 4) is 0 Å². The van der Waals surface area contributed by atoms with Crippen LogP contribution in [0.25, 0.3) is 0 Å². The van der Waals surface area contributed by atoms with Crippen LogP contribution in [-0.4, -0.2) is 55.5 Å². The van der Waals surface area contributed by atoms with Crippen LogP contribution in [0.15, 0.2) is 4.99 Å². The smallest absolute Gasteiger partial charge is 0.208 e. The molecule has 0 saturated carbocycles. The predicted octanol–water partition coefficient (Wildman–Crippen LogP) is 0.632. The normalized spacial score (nSPS) is 21.4. The summed E-state index contributed by atoms with van der Waals surface area (Å²) in [6.45, 7) is 5.17. The number of hydrogen-bond donors (Lipinski definition) is 2. The van der Waals surface area contributed by atoms with E-state index in [1.807, 2.05) is 0 Å². The van der Waals surface area contributed by atoms with E-state index in [-0.39, 0.29) is 0 Å². The van der Waals surface area contributed by atoms with Gasteiger partial charge in [0.2, 0.25) is 5.96 Å². The molecule has 5 heteroatoms. The maximum absolute atomic E-state index is 5.59. The van der Waals surface area contributed by atoms with Gasteiger partial charge in [-0.3, -0.25) is 10.4 Å². The zero-order chi connectivity index (χ0) is 12.7. The molecule has 0 aromatic rings. The van der Waals surface area contributed by atoms with E-state index < -0.39 is 0 Å². The third-order valence-electron chi connectivity index (χ3n) is 3.13. The molecule has 0 radical (unpaired) electrons. The van der Waals surface area contributed by atoms with Crippen LogP contribution in [0.2, 0.25) is 0 Å². The van der Waals surface area contributed by atoms with Crippen LogP contribution in [0.5, 0.6) is 0 Å². The number of nitrogens with zero attached hydrogens (tertiary/aromatic N) is 3. The van der Waals surface area contributed by atoms with Crippen LogP contribution in [0, 0.1) is 0 Å². The van der Waals surface area contributed by atoms with E-state index in [1.165, 1.54) is 19.3 Å². The van der Waals surface area contributed by atoms with E-state index >= 15 is 0 Å². The van der Waals surface area contributed by atoms with Crippen LogP contribution in [-0.2, 0) is 0 Å². The van der Waals surface area contributed by atoms with Crippen molar-refractivity contribution >= 4 is 5.96 Å². The molecule has 1 rings (SSSR count). The highest BCUT2D eigenvalue weighted by molar-refractivity contribution is 5.80. The zero-order valence-electron chi connectivity index (χ0n) is 11.4. The van der Waals surface area contributed by atoms with Crippen LogP contribution < -0.4 is 11.3 Å². The average Bonchev–Trinajstić information content (AvgIpc) is 2.72. The van der Waals surface area contributed by atoms with Gasteiger partial charge >= 0.3 is 0 Å². The second-order valence-electron chi connectivity index (χ2n) is 4.95. The highest BCUT2D eigenvalue weighted by Crippen LogP contribution is 2.17. The number of rotatable bonds is 5. The Morgan fingerprint density at radius 2 is 2.29 bits per heavy atom. The Bertz CT molecular complexity index is 239. The molecular weight excluding hydrogens is 214 g/mol. The van der Waals surface area contributed by atoms with Crippen molar-refractivity contribution in [3.63, 3.8) is 0 Å². The van der Waals surface area contributed by atoms with Crippen molar-refractivity contribution in [2.45, 2.75) is 38.6 Å². The lowest BCUT2D eigenvalue weighted by atomic mass is 10.2. The zero-order valence-corrected chi connectivity index (χ0v) is 11.4. The lowest BCUT2D eigenvalue weighted by molar-refractivity contribution is 0.280. The van der Waals surface area contributed by atoms with Gasteiger partial charge in [-0.15, -0.1) is 0 Å². The van der Waals surface area contributed by atoms with E-state index in [9.17, 15) is 0 Å². The molecule has 1 aliphatic heterocycles. The second kappa shape index (κ2) is 7.50. The first kappa shape index (κ1) is 14.3. The van der Waals surface area contributed by atoms with Gasteiger partial charge in [-0.2, -0.15) is 0 Å². The standard InChI is InChI=1S/C12H27N5/c1-4-5-8-14-12(15-13)17-9-6-7-11(17)10-16(2)3/h11H,4-10,13H2,1-3H3,(H,14,15). The predicted molar refractivity (Wildman–Crippen MR) is 72.8 cm³/mol. The summed E-state index contributed by atoms with van der Waals surface area (Å²) in [5, 5.41) is 0. The molecule has 100 valence electrons. The minimum Gasteiger partial charge on any atom is -0.338 e. The van der Waals surface area contributed by atoms with Crippen molar-refractivity contribution in [2.75, 3.05) is 33.7 Å². The summed E-state index contributed by atoms with van der Waals surface area (Å²) in [5.41, 5.74) is 2.76. The minimum atomic E-state index is 0.543. The van der Waals surface area contributed by atoms with Gasteiger partial charge in [0, 0.05) is 25.7 Å². The number of likely N-dealkylation sites (tertiary alicyclic amines) is 1. The number of hydrazine groups is 1. The molecule has 0 aromatic carbocycles. The first-order valence-corrected chi connectivity index (χ1v) is 6.61. The van der Waals surface area contributed by atoms with Gasteiger partial charge in [0.05, 0.1) is 0 Å². The Morgan fingerprint density at radius 3 is 2.88 bits per heavy atom. The summed E-state index contributed by atoms with van der Waals surface area (Å²) in [7, 11) is 4.22. The van der Waals surface area contributed by atoms with E-state index in [0.29, 0.717) is 6.04 Å². The molecule has 1 atom stereocenters. The summed E-state index contributed by atoms with van der Waals surface area (Å²) >= 11 is 0. The third-order valence-corrected chi connectivity index (χ3v) is 3.13. The Hall–Kier alpha value is -0.810. The van der Waals surface area contributed by atoms with Crippen LogP contribution in [0.3, 0.4) is 0 Å². The van der Waals surface area contributed by atoms with Gasteiger partial charge < -0.3 is 9.80 Å². The van der Waals surface area contributed by atoms with Crippen molar-refractivity contribution < 1.29 is 0 Å². The maximum atomic E-state index is 5.59. The van der Waals surface area contributed by atoms with Crippen molar-refractivity contribution in [1.29, 1.82) is 0 Å². The van der Waals surface area contributed by atoms with Crippen LogP contribution in [0.4, 0.5) is 0 Å². The van der Waals surface area contributed by atoms with Crippen molar-refractivity contribution in [1.82, 2.24) is 15.2 Å². The fourth-order valence-electron chi connectivity index (χ4n) is 2.29. The molecule has 5 nitrogen and oxygen atoms in total. The number of guanidine groups is 1. The Balaban J connectivity index is 2.56. The summed E-state index contributed by atoms with van der Waals surface area (Å²) in [5.74, 6) is 6.46. The maximum Gasteiger partial charge on any atom is 0.208 e. The number of hydrogen-bond acceptors (Lipinski definition) is 3. The third kappa shape index (κ3) is 4.52. The van der Waals surface area contributed by atoms with E-state index in [0.717, 1.165) is 32.0 Å². The molecule has 3 N–H and O–H groups in total. The quantitative estimate of drug-likeness (QED) is 0.244. The lowest BCUT2D eigenvalue weighted by Crippen LogP contribution is -2.49. The second-order valence-corrected chi connectivity index (χ2v) is 4.95. The van der Waals surface area contributed by atoms with Gasteiger partial charge in [0.25, 0.3) is 0 Å². The van der Waals surface area contributed by atoms with Crippen molar-refractivity contribution in [3.05, 3.63) is 0 Å². The largest absolute Gasteiger partial charge is 0.338 e. The monoisotopic (exact) mass is 241 g/mol. The molecule has 1 fully saturated rings. The van der Waals surface area contributed by atoms with Gasteiger partial charge in [-0.25, -0.2) is 5.84 Å². The Labute approximate surface area is 105 Å². The minimum absolute atomic E-state index is 0.543. The topological polar surface area (TPSA) is 56.9 Å². The first-order valence-electron chi connectivity index (χ1n) is 6.61. The molecule has 0 bridgehead atoms. The number of nitrogens with one attached hydrogen (secondary N) is 1. The first-order chi connectivity index (χ1) is 8.19. The van der Waals surface area contributed by atoms with Gasteiger partial charge in [0.1, 0.15) is 0 Å². The number of likely N-dealkylation sites (N-methyl/N-ethyl adjacent to an activating group) is 1. The van der Waals surface area contributed by atoms with Crippen LogP contribution in [0.1, 0.15) is 32.6 Å². The summed E-state index contributed by atoms with van der Waals surface area (Å²) in [6, 6.07) is 0.543. The molecular formula is C12H27N5. The highest BCUT2D eigenvalue weighted by Gasteiger charge is 2.27. The van der Waals surface area contributed by atoms with Crippen molar-refractivity contribution in [2.24, 2.45) is 10.8 Å². The van der Waals surface area contributed by atoms with Gasteiger partial charge in [-0.1, -0.05) is 13.3 Å². The Morgan fingerprint density at radius 1 is 1.53 bits per heavy atom. The fraction of sp³-hybridized carbons (Fsp3) is 0.917. The van der Waals surface area contributed by atoms with Gasteiger partial charge in [-0.05, 0) is 33.4 Å². The summed E-state index contributed by atoms with van der Waals surface area (Å²) in [6.07, 6.45) is 4.75. The number of aliphatic imine (C=N–C) groups is 1. The molecule has 0 spiro atoms. The van der Waals surface area contributed by atoms with E-state index in [1.54, 1.807) is 0 Å². The molecule has 0 aliphatic carbocycles. The summed E-state index contributed by atoms with van der Waals surface area (Å²) in [4.78, 5) is 9.10. The van der Waals surface area contributed by atoms with E-state index in [2.05, 4.69) is 41.2 Å². The molecule has 1 heterocycles. The average molecular weight is 241 g/mol. The Kier molecular flexibility index (Phi) is 6.29. The lowest BCUT2D eigenvalue weighted by Gasteiger charge is -2.29. The number of nitrogens with two attached hydrogens (primary N) is 1. The molecule has 1 saturated heterocycles. The van der Waals surface area contributed by atoms with Gasteiger partial charge in [0.15, 0.2) is 0 Å². The molecule has 17 heavy (non-hydrogen) atoms. The number of unbranched alkanes of at least 4 members (excludes halogenated alkanes) is 1. The SMILES string of the molecule is CCCCN=C(NN)N1CCCC1CN(C)C.